The number of rotatable bonds is 5. The van der Waals surface area contributed by atoms with Crippen molar-refractivity contribution in [2.75, 3.05) is 5.32 Å². The predicted octanol–water partition coefficient (Wildman–Crippen LogP) is 4.62. The molecular formula is C21H24N4OS. The average molecular weight is 381 g/mol. The van der Waals surface area contributed by atoms with E-state index >= 15 is 0 Å². The first kappa shape index (κ1) is 19.2. The molecule has 0 radical (unpaired) electrons. The number of hydrogen-bond acceptors (Lipinski definition) is 4. The van der Waals surface area contributed by atoms with Gasteiger partial charge in [0.1, 0.15) is 6.33 Å². The van der Waals surface area contributed by atoms with Crippen LogP contribution < -0.4 is 5.32 Å². The normalized spacial score (nSPS) is 12.0. The molecule has 0 aliphatic carbocycles. The van der Waals surface area contributed by atoms with E-state index in [1.807, 2.05) is 56.5 Å². The van der Waals surface area contributed by atoms with E-state index in [4.69, 9.17) is 0 Å². The summed E-state index contributed by atoms with van der Waals surface area (Å²) in [6, 6.07) is 12.2. The van der Waals surface area contributed by atoms with Crippen molar-refractivity contribution in [3.05, 3.63) is 65.0 Å². The zero-order valence-electron chi connectivity index (χ0n) is 16.3. The van der Waals surface area contributed by atoms with Gasteiger partial charge in [-0.15, -0.1) is 10.2 Å². The molecule has 1 amide bonds. The standard InChI is InChI=1S/C21H24N4OS/c1-13-10-15(3)19(16(4)11-13)23-20(26)17(5)27-21-24-22-12-25(21)18-9-7-6-8-14(18)2/h6-12,17H,1-5H3,(H,23,26)/t17-/m0/s1. The van der Waals surface area contributed by atoms with E-state index in [1.54, 1.807) is 6.33 Å². The Morgan fingerprint density at radius 1 is 1.07 bits per heavy atom. The summed E-state index contributed by atoms with van der Waals surface area (Å²) < 4.78 is 1.92. The summed E-state index contributed by atoms with van der Waals surface area (Å²) in [6.45, 7) is 10.0. The highest BCUT2D eigenvalue weighted by atomic mass is 32.2. The summed E-state index contributed by atoms with van der Waals surface area (Å²) in [5.41, 5.74) is 6.36. The SMILES string of the molecule is Cc1cc(C)c(NC(=O)[C@H](C)Sc2nncn2-c2ccccc2C)c(C)c1. The van der Waals surface area contributed by atoms with Gasteiger partial charge in [0.25, 0.3) is 0 Å². The van der Waals surface area contributed by atoms with Crippen LogP contribution >= 0.6 is 11.8 Å². The molecule has 0 spiro atoms. The summed E-state index contributed by atoms with van der Waals surface area (Å²) in [7, 11) is 0. The van der Waals surface area contributed by atoms with Crippen molar-refractivity contribution in [1.29, 1.82) is 0 Å². The van der Waals surface area contributed by atoms with Gasteiger partial charge < -0.3 is 5.32 Å². The van der Waals surface area contributed by atoms with Gasteiger partial charge in [-0.25, -0.2) is 0 Å². The monoisotopic (exact) mass is 380 g/mol. The molecule has 0 fully saturated rings. The van der Waals surface area contributed by atoms with E-state index < -0.39 is 0 Å². The van der Waals surface area contributed by atoms with Gasteiger partial charge in [0.15, 0.2) is 5.16 Å². The maximum Gasteiger partial charge on any atom is 0.237 e. The molecule has 140 valence electrons. The smallest absolute Gasteiger partial charge is 0.237 e. The molecule has 0 saturated carbocycles. The average Bonchev–Trinajstić information content (AvgIpc) is 3.06. The molecule has 0 unspecified atom stereocenters. The Hall–Kier alpha value is -2.60. The third-order valence-electron chi connectivity index (χ3n) is 4.47. The molecular weight excluding hydrogens is 356 g/mol. The highest BCUT2D eigenvalue weighted by Crippen LogP contribution is 2.27. The topological polar surface area (TPSA) is 59.8 Å². The molecule has 6 heteroatoms. The lowest BCUT2D eigenvalue weighted by molar-refractivity contribution is -0.115. The van der Waals surface area contributed by atoms with Crippen LogP contribution in [0.4, 0.5) is 5.69 Å². The molecule has 27 heavy (non-hydrogen) atoms. The number of aryl methyl sites for hydroxylation is 4. The van der Waals surface area contributed by atoms with E-state index in [0.717, 1.165) is 28.1 Å². The third kappa shape index (κ3) is 4.22. The molecule has 3 aromatic rings. The van der Waals surface area contributed by atoms with Crippen LogP contribution in [0.15, 0.2) is 47.9 Å². The minimum atomic E-state index is -0.308. The number of thioether (sulfide) groups is 1. The Morgan fingerprint density at radius 2 is 1.74 bits per heavy atom. The number of nitrogens with one attached hydrogen (secondary N) is 1. The number of benzene rings is 2. The second-order valence-corrected chi connectivity index (χ2v) is 8.10. The fourth-order valence-corrected chi connectivity index (χ4v) is 3.95. The van der Waals surface area contributed by atoms with E-state index in [1.165, 1.54) is 17.3 Å². The molecule has 1 aromatic heterocycles. The number of carbonyl (C=O) groups excluding carboxylic acids is 1. The van der Waals surface area contributed by atoms with Crippen molar-refractivity contribution >= 4 is 23.4 Å². The van der Waals surface area contributed by atoms with Crippen LogP contribution in [0, 0.1) is 27.7 Å². The Bertz CT molecular complexity index is 957. The summed E-state index contributed by atoms with van der Waals surface area (Å²) in [5, 5.41) is 11.7. The number of nitrogens with zero attached hydrogens (tertiary/aromatic N) is 3. The minimum absolute atomic E-state index is 0.0469. The molecule has 1 atom stereocenters. The van der Waals surface area contributed by atoms with Crippen LogP contribution in [0.3, 0.4) is 0 Å². The number of hydrogen-bond donors (Lipinski definition) is 1. The van der Waals surface area contributed by atoms with Crippen LogP contribution in [0.1, 0.15) is 29.2 Å². The largest absolute Gasteiger partial charge is 0.325 e. The van der Waals surface area contributed by atoms with E-state index in [0.29, 0.717) is 5.16 Å². The number of carbonyl (C=O) groups is 1. The van der Waals surface area contributed by atoms with Crippen molar-refractivity contribution in [3.63, 3.8) is 0 Å². The molecule has 0 aliphatic rings. The molecule has 2 aromatic carbocycles. The zero-order chi connectivity index (χ0) is 19.6. The van der Waals surface area contributed by atoms with Gasteiger partial charge in [-0.2, -0.15) is 0 Å². The van der Waals surface area contributed by atoms with Crippen molar-refractivity contribution in [2.45, 2.75) is 45.0 Å². The number of anilines is 1. The first-order valence-corrected chi connectivity index (χ1v) is 9.76. The van der Waals surface area contributed by atoms with Crippen molar-refractivity contribution < 1.29 is 4.79 Å². The molecule has 1 N–H and O–H groups in total. The Labute approximate surface area is 164 Å². The van der Waals surface area contributed by atoms with Crippen LogP contribution in [0.5, 0.6) is 0 Å². The molecule has 3 rings (SSSR count). The fraction of sp³-hybridized carbons (Fsp3) is 0.286. The van der Waals surface area contributed by atoms with Gasteiger partial charge >= 0.3 is 0 Å². The maximum absolute atomic E-state index is 12.8. The summed E-state index contributed by atoms with van der Waals surface area (Å²) in [5.74, 6) is -0.0469. The first-order chi connectivity index (χ1) is 12.9. The van der Waals surface area contributed by atoms with Gasteiger partial charge in [0.2, 0.25) is 5.91 Å². The third-order valence-corrected chi connectivity index (χ3v) is 5.52. The lowest BCUT2D eigenvalue weighted by Gasteiger charge is -2.16. The maximum atomic E-state index is 12.8. The number of para-hydroxylation sites is 1. The van der Waals surface area contributed by atoms with Gasteiger partial charge in [-0.05, 0) is 57.4 Å². The van der Waals surface area contributed by atoms with Crippen LogP contribution in [0.25, 0.3) is 5.69 Å². The van der Waals surface area contributed by atoms with Crippen molar-refractivity contribution in [1.82, 2.24) is 14.8 Å². The Kier molecular flexibility index (Phi) is 5.65. The van der Waals surface area contributed by atoms with E-state index in [9.17, 15) is 4.79 Å². The quantitative estimate of drug-likeness (QED) is 0.656. The Balaban J connectivity index is 1.77. The first-order valence-electron chi connectivity index (χ1n) is 8.88. The lowest BCUT2D eigenvalue weighted by atomic mass is 10.1. The lowest BCUT2D eigenvalue weighted by Crippen LogP contribution is -2.24. The predicted molar refractivity (Wildman–Crippen MR) is 111 cm³/mol. The summed E-state index contributed by atoms with van der Waals surface area (Å²) in [6.07, 6.45) is 1.68. The van der Waals surface area contributed by atoms with Crippen molar-refractivity contribution in [3.8, 4) is 5.69 Å². The fourth-order valence-electron chi connectivity index (χ4n) is 3.12. The van der Waals surface area contributed by atoms with Gasteiger partial charge in [-0.3, -0.25) is 9.36 Å². The number of aromatic nitrogens is 3. The minimum Gasteiger partial charge on any atom is -0.325 e. The van der Waals surface area contributed by atoms with E-state index in [2.05, 4.69) is 34.6 Å². The highest BCUT2D eigenvalue weighted by molar-refractivity contribution is 8.00. The summed E-state index contributed by atoms with van der Waals surface area (Å²) >= 11 is 1.40. The van der Waals surface area contributed by atoms with Gasteiger partial charge in [-0.1, -0.05) is 47.7 Å². The number of amides is 1. The Morgan fingerprint density at radius 3 is 2.41 bits per heavy atom. The van der Waals surface area contributed by atoms with Crippen LogP contribution in [-0.2, 0) is 4.79 Å². The van der Waals surface area contributed by atoms with Gasteiger partial charge in [0, 0.05) is 5.69 Å². The molecule has 0 aliphatic heterocycles. The van der Waals surface area contributed by atoms with Crippen LogP contribution in [0.2, 0.25) is 0 Å². The van der Waals surface area contributed by atoms with Gasteiger partial charge in [0.05, 0.1) is 10.9 Å². The second kappa shape index (κ2) is 7.96. The zero-order valence-corrected chi connectivity index (χ0v) is 17.1. The van der Waals surface area contributed by atoms with E-state index in [-0.39, 0.29) is 11.2 Å². The molecule has 1 heterocycles. The molecule has 0 saturated heterocycles. The van der Waals surface area contributed by atoms with Crippen molar-refractivity contribution in [2.24, 2.45) is 0 Å². The summed E-state index contributed by atoms with van der Waals surface area (Å²) in [4.78, 5) is 12.8. The highest BCUT2D eigenvalue weighted by Gasteiger charge is 2.20. The second-order valence-electron chi connectivity index (χ2n) is 6.79. The van der Waals surface area contributed by atoms with Crippen LogP contribution in [-0.4, -0.2) is 25.9 Å². The molecule has 0 bridgehead atoms. The molecule has 5 nitrogen and oxygen atoms in total.